The second kappa shape index (κ2) is 17.6. The highest BCUT2D eigenvalue weighted by Crippen LogP contribution is 2.03. The Hall–Kier alpha value is -2.19. The molecule has 0 saturated heterocycles. The summed E-state index contributed by atoms with van der Waals surface area (Å²) in [5.41, 5.74) is 21.6. The van der Waals surface area contributed by atoms with E-state index in [1.165, 1.54) is 19.3 Å². The molecule has 0 aromatic rings. The van der Waals surface area contributed by atoms with E-state index in [-0.39, 0.29) is 11.9 Å². The van der Waals surface area contributed by atoms with Gasteiger partial charge in [0.1, 0.15) is 0 Å². The van der Waals surface area contributed by atoms with Crippen molar-refractivity contribution in [3.63, 3.8) is 0 Å². The Kier molecular flexibility index (Phi) is 16.1. The fourth-order valence-electron chi connectivity index (χ4n) is 2.44. The highest BCUT2D eigenvalue weighted by Gasteiger charge is 1.95. The summed E-state index contributed by atoms with van der Waals surface area (Å²) in [6, 6.07) is 0. The lowest BCUT2D eigenvalue weighted by Gasteiger charge is -2.06. The molecule has 152 valence electrons. The average molecular weight is 370 g/mol. The van der Waals surface area contributed by atoms with Gasteiger partial charge >= 0.3 is 0 Å². The number of unbranched alkanes of at least 4 members (excludes halogenated alkanes) is 8. The van der Waals surface area contributed by atoms with Gasteiger partial charge in [-0.1, -0.05) is 38.5 Å². The fourth-order valence-corrected chi connectivity index (χ4v) is 2.44. The molecule has 0 heterocycles. The molecule has 0 amide bonds. The van der Waals surface area contributed by atoms with Gasteiger partial charge in [0.25, 0.3) is 0 Å². The summed E-state index contributed by atoms with van der Waals surface area (Å²) in [5, 5.41) is 13.0. The number of aliphatic imine (C=N–C) groups is 2. The van der Waals surface area contributed by atoms with E-state index >= 15 is 0 Å². The molecule has 0 aromatic heterocycles. The molecule has 0 aliphatic heterocycles. The Morgan fingerprint density at radius 3 is 1.62 bits per heavy atom. The fraction of sp³-hybridized carbons (Fsp3) is 0.824. The molecule has 0 aromatic carbocycles. The molecule has 9 heteroatoms. The van der Waals surface area contributed by atoms with Crippen molar-refractivity contribution in [1.29, 1.82) is 5.41 Å². The van der Waals surface area contributed by atoms with Crippen LogP contribution in [0.25, 0.3) is 0 Å². The largest absolute Gasteiger partial charge is 0.370 e. The van der Waals surface area contributed by atoms with E-state index < -0.39 is 0 Å². The molecule has 0 bridgehead atoms. The summed E-state index contributed by atoms with van der Waals surface area (Å²) in [6.45, 7) is 3.14. The highest BCUT2D eigenvalue weighted by atomic mass is 15.1. The molecule has 0 fully saturated rings. The van der Waals surface area contributed by atoms with Gasteiger partial charge in [0.2, 0.25) is 0 Å². The van der Waals surface area contributed by atoms with Crippen LogP contribution in [-0.2, 0) is 0 Å². The summed E-state index contributed by atoms with van der Waals surface area (Å²) in [6.07, 6.45) is 11.2. The zero-order valence-electron chi connectivity index (χ0n) is 16.1. The number of nitrogens with zero attached hydrogens (tertiary/aromatic N) is 2. The SMILES string of the molecule is N=C(N)NCCCCCCCN=C(N)NCCCCCCCN=C(N)N. The summed E-state index contributed by atoms with van der Waals surface area (Å²) >= 11 is 0. The van der Waals surface area contributed by atoms with Crippen molar-refractivity contribution in [1.82, 2.24) is 10.6 Å². The van der Waals surface area contributed by atoms with Gasteiger partial charge < -0.3 is 33.6 Å². The Morgan fingerprint density at radius 1 is 0.615 bits per heavy atom. The van der Waals surface area contributed by atoms with Gasteiger partial charge in [0.05, 0.1) is 0 Å². The molecule has 9 nitrogen and oxygen atoms in total. The lowest BCUT2D eigenvalue weighted by atomic mass is 10.1. The molecule has 0 unspecified atom stereocenters. The standard InChI is InChI=1S/C17H39N9/c18-15(19)23-11-7-3-1-5-9-13-25-17(22)26-14-10-6-2-4-8-12-24-16(20)21/h1-14H2,(H4,18,19,23)(H4,20,21,24)(H3,22,25,26). The smallest absolute Gasteiger partial charge is 0.188 e. The first kappa shape index (κ1) is 23.8. The third kappa shape index (κ3) is 19.9. The monoisotopic (exact) mass is 369 g/mol. The maximum absolute atomic E-state index is 7.05. The molecular weight excluding hydrogens is 330 g/mol. The minimum atomic E-state index is 0.0464. The summed E-state index contributed by atoms with van der Waals surface area (Å²) < 4.78 is 0. The number of rotatable bonds is 16. The number of nitrogens with one attached hydrogen (secondary N) is 3. The Labute approximate surface area is 158 Å². The van der Waals surface area contributed by atoms with E-state index in [1.54, 1.807) is 0 Å². The van der Waals surface area contributed by atoms with Gasteiger partial charge in [-0.15, -0.1) is 0 Å². The van der Waals surface area contributed by atoms with E-state index in [4.69, 9.17) is 28.3 Å². The van der Waals surface area contributed by atoms with Crippen LogP contribution in [0, 0.1) is 5.41 Å². The van der Waals surface area contributed by atoms with Crippen LogP contribution in [0.15, 0.2) is 9.98 Å². The molecule has 0 radical (unpaired) electrons. The van der Waals surface area contributed by atoms with Crippen LogP contribution in [0.5, 0.6) is 0 Å². The third-order valence-electron chi connectivity index (χ3n) is 3.87. The van der Waals surface area contributed by atoms with E-state index in [9.17, 15) is 0 Å². The molecule has 0 aliphatic carbocycles. The van der Waals surface area contributed by atoms with Crippen LogP contribution in [0.2, 0.25) is 0 Å². The van der Waals surface area contributed by atoms with Gasteiger partial charge in [-0.2, -0.15) is 0 Å². The Bertz CT molecular complexity index is 403. The second-order valence-electron chi connectivity index (χ2n) is 6.38. The highest BCUT2D eigenvalue weighted by molar-refractivity contribution is 5.77. The number of guanidine groups is 3. The topological polar surface area (TPSA) is 177 Å². The van der Waals surface area contributed by atoms with Crippen molar-refractivity contribution in [2.45, 2.75) is 64.2 Å². The lowest BCUT2D eigenvalue weighted by Crippen LogP contribution is -2.32. The normalized spacial score (nSPS) is 11.2. The van der Waals surface area contributed by atoms with Crippen molar-refractivity contribution >= 4 is 17.9 Å². The van der Waals surface area contributed by atoms with Crippen molar-refractivity contribution in [3.05, 3.63) is 0 Å². The summed E-state index contributed by atoms with van der Waals surface area (Å²) in [5.74, 6) is 0.763. The minimum absolute atomic E-state index is 0.0464. The average Bonchev–Trinajstić information content (AvgIpc) is 2.58. The second-order valence-corrected chi connectivity index (χ2v) is 6.38. The molecule has 26 heavy (non-hydrogen) atoms. The van der Waals surface area contributed by atoms with Crippen LogP contribution in [0.3, 0.4) is 0 Å². The van der Waals surface area contributed by atoms with Gasteiger partial charge in [0.15, 0.2) is 17.9 Å². The van der Waals surface area contributed by atoms with Crippen LogP contribution < -0.4 is 33.6 Å². The van der Waals surface area contributed by atoms with Crippen LogP contribution in [0.1, 0.15) is 64.2 Å². The Balaban J connectivity index is 3.32. The van der Waals surface area contributed by atoms with Crippen molar-refractivity contribution in [3.8, 4) is 0 Å². The maximum atomic E-state index is 7.05. The summed E-state index contributed by atoms with van der Waals surface area (Å²) in [7, 11) is 0. The molecule has 0 aliphatic rings. The van der Waals surface area contributed by atoms with Gasteiger partial charge in [-0.25, -0.2) is 0 Å². The first-order valence-electron chi connectivity index (χ1n) is 9.69. The maximum Gasteiger partial charge on any atom is 0.188 e. The van der Waals surface area contributed by atoms with Crippen LogP contribution in [0.4, 0.5) is 0 Å². The summed E-state index contributed by atoms with van der Waals surface area (Å²) in [4.78, 5) is 8.30. The number of nitrogens with two attached hydrogens (primary N) is 4. The van der Waals surface area contributed by atoms with Gasteiger partial charge in [0, 0.05) is 26.2 Å². The lowest BCUT2D eigenvalue weighted by molar-refractivity contribution is 0.606. The van der Waals surface area contributed by atoms with Crippen molar-refractivity contribution in [2.24, 2.45) is 32.9 Å². The quantitative estimate of drug-likeness (QED) is 0.119. The molecule has 0 rings (SSSR count). The number of hydrogen-bond donors (Lipinski definition) is 7. The van der Waals surface area contributed by atoms with E-state index in [0.29, 0.717) is 5.96 Å². The zero-order chi connectivity index (χ0) is 19.5. The van der Waals surface area contributed by atoms with Crippen molar-refractivity contribution < 1.29 is 0 Å². The first-order valence-corrected chi connectivity index (χ1v) is 9.69. The Morgan fingerprint density at radius 2 is 1.08 bits per heavy atom. The first-order chi connectivity index (χ1) is 12.5. The number of hydrogen-bond acceptors (Lipinski definition) is 3. The van der Waals surface area contributed by atoms with Crippen LogP contribution >= 0.6 is 0 Å². The predicted octanol–water partition coefficient (Wildman–Crippen LogP) is 0.548. The van der Waals surface area contributed by atoms with Gasteiger partial charge in [-0.05, 0) is 25.7 Å². The van der Waals surface area contributed by atoms with Crippen molar-refractivity contribution in [2.75, 3.05) is 26.2 Å². The third-order valence-corrected chi connectivity index (χ3v) is 3.87. The van der Waals surface area contributed by atoms with Gasteiger partial charge in [-0.3, -0.25) is 15.4 Å². The molecule has 11 N–H and O–H groups in total. The predicted molar refractivity (Wildman–Crippen MR) is 111 cm³/mol. The molecule has 0 spiro atoms. The molecular formula is C17H39N9. The van der Waals surface area contributed by atoms with E-state index in [0.717, 1.165) is 71.1 Å². The van der Waals surface area contributed by atoms with E-state index in [2.05, 4.69) is 20.6 Å². The molecule has 0 atom stereocenters. The molecule has 0 saturated carbocycles. The zero-order valence-corrected chi connectivity index (χ0v) is 16.1. The minimum Gasteiger partial charge on any atom is -0.370 e. The van der Waals surface area contributed by atoms with Crippen LogP contribution in [-0.4, -0.2) is 44.1 Å². The van der Waals surface area contributed by atoms with E-state index in [1.807, 2.05) is 0 Å².